The van der Waals surface area contributed by atoms with Gasteiger partial charge in [-0.2, -0.15) is 13.2 Å². The number of pyridine rings is 1. The normalized spacial score (nSPS) is 19.6. The highest BCUT2D eigenvalue weighted by Gasteiger charge is 2.44. The van der Waals surface area contributed by atoms with Crippen LogP contribution in [0.2, 0.25) is 0 Å². The third kappa shape index (κ3) is 6.84. The number of hydrogen-bond acceptors (Lipinski definition) is 6. The Morgan fingerprint density at radius 1 is 1.07 bits per heavy atom. The lowest BCUT2D eigenvalue weighted by Crippen LogP contribution is -2.36. The van der Waals surface area contributed by atoms with Gasteiger partial charge in [0.05, 0.1) is 21.7 Å². The summed E-state index contributed by atoms with van der Waals surface area (Å²) in [4.78, 5) is 44.9. The van der Waals surface area contributed by atoms with E-state index < -0.39 is 58.5 Å². The Labute approximate surface area is 235 Å². The molecule has 3 atom stereocenters. The van der Waals surface area contributed by atoms with Crippen molar-refractivity contribution in [1.82, 2.24) is 14.8 Å². The van der Waals surface area contributed by atoms with E-state index in [1.54, 1.807) is 20.8 Å². The molecule has 2 fully saturated rings. The fourth-order valence-corrected chi connectivity index (χ4v) is 5.10. The molecule has 2 saturated heterocycles. The van der Waals surface area contributed by atoms with Crippen molar-refractivity contribution in [3.8, 4) is 0 Å². The van der Waals surface area contributed by atoms with Gasteiger partial charge in [0, 0.05) is 49.6 Å². The highest BCUT2D eigenvalue weighted by molar-refractivity contribution is 7.82. The Morgan fingerprint density at radius 2 is 1.68 bits per heavy atom. The van der Waals surface area contributed by atoms with Crippen molar-refractivity contribution in [2.45, 2.75) is 38.4 Å². The van der Waals surface area contributed by atoms with Crippen LogP contribution in [0.15, 0.2) is 35.4 Å². The zero-order valence-electron chi connectivity index (χ0n) is 22.5. The number of amides is 3. The number of likely N-dealkylation sites (tertiary alicyclic amines) is 2. The van der Waals surface area contributed by atoms with Gasteiger partial charge in [0.2, 0.25) is 5.91 Å². The average Bonchev–Trinajstić information content (AvgIpc) is 3.46. The maximum Gasteiger partial charge on any atom is 0.417 e. The average molecular weight is 600 g/mol. The van der Waals surface area contributed by atoms with Gasteiger partial charge in [0.15, 0.2) is 0 Å². The molecule has 0 bridgehead atoms. The van der Waals surface area contributed by atoms with Crippen LogP contribution in [-0.2, 0) is 33.3 Å². The number of nitrogens with zero attached hydrogens (tertiary/aromatic N) is 3. The number of hydrogen-bond donors (Lipinski definition) is 2. The lowest BCUT2D eigenvalue weighted by molar-refractivity contribution is -0.137. The first-order valence-electron chi connectivity index (χ1n) is 12.6. The van der Waals surface area contributed by atoms with Gasteiger partial charge in [-0.1, -0.05) is 20.8 Å². The second-order valence-electron chi connectivity index (χ2n) is 11.0. The molecule has 3 N–H and O–H groups in total. The molecule has 4 rings (SSSR count). The predicted molar refractivity (Wildman–Crippen MR) is 139 cm³/mol. The largest absolute Gasteiger partial charge is 0.443 e. The summed E-state index contributed by atoms with van der Waals surface area (Å²) in [6.45, 7) is 5.39. The summed E-state index contributed by atoms with van der Waals surface area (Å²) in [7, 11) is -1.88. The number of rotatable bonds is 5. The molecule has 0 radical (unpaired) electrons. The molecular formula is C26H29F4N5O5S. The number of nitrogens with one attached hydrogen (secondary N) is 1. The van der Waals surface area contributed by atoms with E-state index in [1.807, 2.05) is 0 Å². The molecule has 41 heavy (non-hydrogen) atoms. The molecule has 2 aliphatic rings. The van der Waals surface area contributed by atoms with E-state index in [0.29, 0.717) is 6.20 Å². The summed E-state index contributed by atoms with van der Waals surface area (Å²) in [5, 5.41) is 7.69. The van der Waals surface area contributed by atoms with Gasteiger partial charge >= 0.3 is 12.3 Å². The number of anilines is 1. The minimum atomic E-state index is -4.69. The molecule has 2 aromatic rings. The number of carbonyl (C=O) groups is 3. The summed E-state index contributed by atoms with van der Waals surface area (Å²) >= 11 is 0. The summed E-state index contributed by atoms with van der Waals surface area (Å²) in [6, 6.07) is 4.27. The van der Waals surface area contributed by atoms with E-state index in [-0.39, 0.29) is 59.9 Å². The third-order valence-electron chi connectivity index (χ3n) is 6.99. The van der Waals surface area contributed by atoms with Crippen molar-refractivity contribution < 1.29 is 40.9 Å². The van der Waals surface area contributed by atoms with Gasteiger partial charge in [-0.25, -0.2) is 18.5 Å². The number of carbonyl (C=O) groups excluding carboxylic acids is 3. The Kier molecular flexibility index (Phi) is 8.41. The minimum absolute atomic E-state index is 0.0494. The van der Waals surface area contributed by atoms with E-state index in [2.05, 4.69) is 10.3 Å². The number of benzene rings is 1. The minimum Gasteiger partial charge on any atom is -0.443 e. The van der Waals surface area contributed by atoms with Gasteiger partial charge in [0.25, 0.3) is 5.91 Å². The maximum atomic E-state index is 14.4. The van der Waals surface area contributed by atoms with E-state index >= 15 is 0 Å². The van der Waals surface area contributed by atoms with Crippen molar-refractivity contribution in [1.29, 1.82) is 0 Å². The van der Waals surface area contributed by atoms with Crippen LogP contribution in [0.25, 0.3) is 0 Å². The lowest BCUT2D eigenvalue weighted by Gasteiger charge is -2.22. The second-order valence-corrected chi connectivity index (χ2v) is 12.1. The van der Waals surface area contributed by atoms with E-state index in [0.717, 1.165) is 12.1 Å². The van der Waals surface area contributed by atoms with Gasteiger partial charge in [0.1, 0.15) is 29.1 Å². The Morgan fingerprint density at radius 3 is 2.22 bits per heavy atom. The second kappa shape index (κ2) is 11.4. The van der Waals surface area contributed by atoms with Crippen LogP contribution in [0.5, 0.6) is 0 Å². The van der Waals surface area contributed by atoms with Crippen LogP contribution in [0.4, 0.5) is 28.0 Å². The zero-order valence-corrected chi connectivity index (χ0v) is 23.3. The number of aromatic nitrogens is 1. The van der Waals surface area contributed by atoms with Gasteiger partial charge in [-0.3, -0.25) is 14.6 Å². The van der Waals surface area contributed by atoms with Crippen molar-refractivity contribution >= 4 is 34.6 Å². The lowest BCUT2D eigenvalue weighted by atomic mass is 9.95. The first-order valence-corrected chi connectivity index (χ1v) is 13.8. The topological polar surface area (TPSA) is 135 Å². The zero-order chi connectivity index (χ0) is 30.3. The van der Waals surface area contributed by atoms with Crippen molar-refractivity contribution in [2.24, 2.45) is 22.4 Å². The summed E-state index contributed by atoms with van der Waals surface area (Å²) in [5.74, 6) is -2.07. The van der Waals surface area contributed by atoms with Gasteiger partial charge < -0.3 is 19.9 Å². The van der Waals surface area contributed by atoms with Crippen LogP contribution >= 0.6 is 0 Å². The number of halogens is 4. The highest BCUT2D eigenvalue weighted by Crippen LogP contribution is 2.34. The fourth-order valence-electron chi connectivity index (χ4n) is 4.68. The number of fused-ring (bicyclic) bond motifs is 1. The quantitative estimate of drug-likeness (QED) is 0.505. The molecule has 2 unspecified atom stereocenters. The molecule has 1 aromatic heterocycles. The molecule has 10 nitrogen and oxygen atoms in total. The Bertz CT molecular complexity index is 1380. The van der Waals surface area contributed by atoms with Gasteiger partial charge in [-0.15, -0.1) is 0 Å². The molecule has 15 heteroatoms. The molecule has 2 aliphatic heterocycles. The Hall–Kier alpha value is -3.59. The molecule has 1 aromatic carbocycles. The molecule has 0 saturated carbocycles. The molecule has 3 heterocycles. The third-order valence-corrected chi connectivity index (χ3v) is 7.71. The Balaban J connectivity index is 1.37. The first kappa shape index (κ1) is 30.4. The maximum absolute atomic E-state index is 14.4. The summed E-state index contributed by atoms with van der Waals surface area (Å²) in [6.07, 6.45) is -4.80. The molecule has 222 valence electrons. The van der Waals surface area contributed by atoms with Crippen LogP contribution < -0.4 is 10.5 Å². The molecular weight excluding hydrogens is 570 g/mol. The molecule has 3 amide bonds. The number of nitrogens with two attached hydrogens (primary N) is 1. The number of ether oxygens (including phenoxy) is 1. The smallest absolute Gasteiger partial charge is 0.417 e. The van der Waals surface area contributed by atoms with Crippen LogP contribution in [0.1, 0.15) is 42.4 Å². The van der Waals surface area contributed by atoms with Crippen molar-refractivity contribution in [2.75, 3.05) is 31.5 Å². The van der Waals surface area contributed by atoms with Crippen LogP contribution in [-0.4, -0.2) is 63.1 Å². The number of alkyl halides is 3. The van der Waals surface area contributed by atoms with Gasteiger partial charge in [-0.05, 0) is 24.3 Å². The van der Waals surface area contributed by atoms with Crippen molar-refractivity contribution in [3.05, 3.63) is 53.1 Å². The first-order chi connectivity index (χ1) is 19.0. The van der Waals surface area contributed by atoms with Crippen LogP contribution in [0, 0.1) is 23.1 Å². The van der Waals surface area contributed by atoms with E-state index in [4.69, 9.17) is 9.88 Å². The van der Waals surface area contributed by atoms with Crippen molar-refractivity contribution in [3.63, 3.8) is 0 Å². The standard InChI is InChI=1S/C26H29F4N5O5S/c1-25(2,3)23(37)33-20-6-16(26(28,29)30)8-32-21(20)13-40-24(38)35-11-14-9-34(10-15(14)12-35)22(36)18-5-4-17(41(31)39)7-19(18)27/h4-8,14-15H,9-13,31H2,1-3H3,(H,33,37)/t14-,15?,41?/m0/s1. The summed E-state index contributed by atoms with van der Waals surface area (Å²) in [5.41, 5.74) is -2.39. The predicted octanol–water partition coefficient (Wildman–Crippen LogP) is 3.55. The fraction of sp³-hybridized carbons (Fsp3) is 0.462. The monoisotopic (exact) mass is 599 g/mol. The molecule has 0 spiro atoms. The van der Waals surface area contributed by atoms with E-state index in [1.165, 1.54) is 21.9 Å². The summed E-state index contributed by atoms with van der Waals surface area (Å²) < 4.78 is 70.8. The molecule has 0 aliphatic carbocycles. The van der Waals surface area contributed by atoms with Crippen LogP contribution in [0.3, 0.4) is 0 Å². The SMILES string of the molecule is CC(C)(C)C(=O)Nc1cc(C(F)(F)F)cnc1COC(=O)N1CC2CN(C(=O)c3ccc(S(N)=O)cc3F)C[C@H]2C1. The highest BCUT2D eigenvalue weighted by atomic mass is 32.2. The van der Waals surface area contributed by atoms with E-state index in [9.17, 15) is 36.2 Å².